The van der Waals surface area contributed by atoms with E-state index in [1.165, 1.54) is 43.2 Å². The molecule has 20 heavy (non-hydrogen) atoms. The van der Waals surface area contributed by atoms with Crippen LogP contribution in [-0.2, 0) is 17.9 Å². The molecule has 112 valence electrons. The van der Waals surface area contributed by atoms with Gasteiger partial charge in [0.2, 0.25) is 0 Å². The first-order chi connectivity index (χ1) is 9.74. The van der Waals surface area contributed by atoms with Crippen molar-refractivity contribution in [3.8, 4) is 0 Å². The molecule has 0 unspecified atom stereocenters. The minimum Gasteiger partial charge on any atom is -0.376 e. The third kappa shape index (κ3) is 5.64. The molecule has 0 saturated heterocycles. The molecule has 0 atom stereocenters. The highest BCUT2D eigenvalue weighted by Gasteiger charge is 2.13. The standard InChI is InChI=1S/C18H29NO/c1-15(2)19-12-16-8-10-18(11-9-16)14-20-13-17-6-4-3-5-7-17/h8-11,15,17,19H,3-7,12-14H2,1-2H3. The first-order valence-electron chi connectivity index (χ1n) is 8.13. The predicted molar refractivity (Wildman–Crippen MR) is 84.6 cm³/mol. The smallest absolute Gasteiger partial charge is 0.0717 e. The summed E-state index contributed by atoms with van der Waals surface area (Å²) >= 11 is 0. The first kappa shape index (κ1) is 15.5. The highest BCUT2D eigenvalue weighted by atomic mass is 16.5. The fourth-order valence-electron chi connectivity index (χ4n) is 2.77. The molecular weight excluding hydrogens is 246 g/mol. The predicted octanol–water partition coefficient (Wildman–Crippen LogP) is 4.28. The number of ether oxygens (including phenoxy) is 1. The van der Waals surface area contributed by atoms with Crippen molar-refractivity contribution in [1.29, 1.82) is 0 Å². The Balaban J connectivity index is 1.67. The average Bonchev–Trinajstić information content (AvgIpc) is 2.47. The molecule has 2 nitrogen and oxygen atoms in total. The van der Waals surface area contributed by atoms with Gasteiger partial charge in [-0.1, -0.05) is 57.4 Å². The summed E-state index contributed by atoms with van der Waals surface area (Å²) in [7, 11) is 0. The summed E-state index contributed by atoms with van der Waals surface area (Å²) in [5.41, 5.74) is 2.63. The van der Waals surface area contributed by atoms with Crippen LogP contribution in [0.25, 0.3) is 0 Å². The van der Waals surface area contributed by atoms with Crippen LogP contribution in [0.5, 0.6) is 0 Å². The van der Waals surface area contributed by atoms with Gasteiger partial charge in [0.05, 0.1) is 6.61 Å². The number of nitrogens with one attached hydrogen (secondary N) is 1. The molecule has 1 saturated carbocycles. The zero-order chi connectivity index (χ0) is 14.2. The molecule has 1 aliphatic carbocycles. The molecular formula is C18H29NO. The molecule has 0 aromatic heterocycles. The van der Waals surface area contributed by atoms with Crippen molar-refractivity contribution in [3.05, 3.63) is 35.4 Å². The van der Waals surface area contributed by atoms with E-state index in [-0.39, 0.29) is 0 Å². The van der Waals surface area contributed by atoms with Crippen LogP contribution in [0.1, 0.15) is 57.1 Å². The molecule has 0 spiro atoms. The highest BCUT2D eigenvalue weighted by Crippen LogP contribution is 2.23. The van der Waals surface area contributed by atoms with Crippen LogP contribution in [-0.4, -0.2) is 12.6 Å². The van der Waals surface area contributed by atoms with Gasteiger partial charge < -0.3 is 10.1 Å². The van der Waals surface area contributed by atoms with E-state index in [9.17, 15) is 0 Å². The lowest BCUT2D eigenvalue weighted by molar-refractivity contribution is 0.0739. The third-order valence-electron chi connectivity index (χ3n) is 4.08. The van der Waals surface area contributed by atoms with Crippen LogP contribution in [0.15, 0.2) is 24.3 Å². The lowest BCUT2D eigenvalue weighted by Gasteiger charge is -2.21. The topological polar surface area (TPSA) is 21.3 Å². The van der Waals surface area contributed by atoms with Gasteiger partial charge >= 0.3 is 0 Å². The van der Waals surface area contributed by atoms with Crippen molar-refractivity contribution in [1.82, 2.24) is 5.32 Å². The molecule has 0 heterocycles. The minimum atomic E-state index is 0.536. The summed E-state index contributed by atoms with van der Waals surface area (Å²) in [5.74, 6) is 0.804. The fourth-order valence-corrected chi connectivity index (χ4v) is 2.77. The Morgan fingerprint density at radius 1 is 1.05 bits per heavy atom. The Labute approximate surface area is 123 Å². The van der Waals surface area contributed by atoms with E-state index in [2.05, 4.69) is 43.4 Å². The van der Waals surface area contributed by atoms with E-state index in [4.69, 9.17) is 4.74 Å². The van der Waals surface area contributed by atoms with E-state index < -0.39 is 0 Å². The lowest BCUT2D eigenvalue weighted by Crippen LogP contribution is -2.21. The summed E-state index contributed by atoms with van der Waals surface area (Å²) in [4.78, 5) is 0. The zero-order valence-corrected chi connectivity index (χ0v) is 13.0. The van der Waals surface area contributed by atoms with Crippen molar-refractivity contribution in [2.45, 2.75) is 65.1 Å². The van der Waals surface area contributed by atoms with Crippen LogP contribution in [0.3, 0.4) is 0 Å². The quantitative estimate of drug-likeness (QED) is 0.802. The molecule has 2 heteroatoms. The summed E-state index contributed by atoms with van der Waals surface area (Å²) in [6.07, 6.45) is 6.93. The Kier molecular flexibility index (Phi) is 6.55. The van der Waals surface area contributed by atoms with Gasteiger partial charge in [-0.3, -0.25) is 0 Å². The zero-order valence-electron chi connectivity index (χ0n) is 13.0. The van der Waals surface area contributed by atoms with E-state index in [1.807, 2.05) is 0 Å². The van der Waals surface area contributed by atoms with Crippen molar-refractivity contribution in [2.75, 3.05) is 6.61 Å². The van der Waals surface area contributed by atoms with Gasteiger partial charge in [0.25, 0.3) is 0 Å². The third-order valence-corrected chi connectivity index (χ3v) is 4.08. The van der Waals surface area contributed by atoms with Gasteiger partial charge in [-0.05, 0) is 29.9 Å². The molecule has 0 radical (unpaired) electrons. The Bertz CT molecular complexity index is 366. The summed E-state index contributed by atoms with van der Waals surface area (Å²) in [6.45, 7) is 6.99. The van der Waals surface area contributed by atoms with Crippen LogP contribution in [0.2, 0.25) is 0 Å². The maximum atomic E-state index is 5.88. The van der Waals surface area contributed by atoms with Gasteiger partial charge in [-0.15, -0.1) is 0 Å². The first-order valence-corrected chi connectivity index (χ1v) is 8.13. The van der Waals surface area contributed by atoms with Crippen LogP contribution < -0.4 is 5.32 Å². The Morgan fingerprint density at radius 3 is 2.35 bits per heavy atom. The van der Waals surface area contributed by atoms with Crippen LogP contribution in [0.4, 0.5) is 0 Å². The van der Waals surface area contributed by atoms with Crippen LogP contribution in [0, 0.1) is 5.92 Å². The fraction of sp³-hybridized carbons (Fsp3) is 0.667. The van der Waals surface area contributed by atoms with Crippen LogP contribution >= 0.6 is 0 Å². The maximum Gasteiger partial charge on any atom is 0.0717 e. The SMILES string of the molecule is CC(C)NCc1ccc(COCC2CCCCC2)cc1. The minimum absolute atomic E-state index is 0.536. The second-order valence-electron chi connectivity index (χ2n) is 6.37. The summed E-state index contributed by atoms with van der Waals surface area (Å²) in [6, 6.07) is 9.33. The van der Waals surface area contributed by atoms with Crippen molar-refractivity contribution < 1.29 is 4.74 Å². The van der Waals surface area contributed by atoms with E-state index in [0.717, 1.165) is 25.7 Å². The monoisotopic (exact) mass is 275 g/mol. The van der Waals surface area contributed by atoms with E-state index in [0.29, 0.717) is 6.04 Å². The van der Waals surface area contributed by atoms with Gasteiger partial charge in [-0.25, -0.2) is 0 Å². The van der Waals surface area contributed by atoms with Crippen molar-refractivity contribution in [2.24, 2.45) is 5.92 Å². The van der Waals surface area contributed by atoms with Crippen molar-refractivity contribution in [3.63, 3.8) is 0 Å². The molecule has 0 aliphatic heterocycles. The highest BCUT2D eigenvalue weighted by molar-refractivity contribution is 5.21. The molecule has 2 rings (SSSR count). The average molecular weight is 275 g/mol. The maximum absolute atomic E-state index is 5.88. The molecule has 1 N–H and O–H groups in total. The largest absolute Gasteiger partial charge is 0.376 e. The van der Waals surface area contributed by atoms with Gasteiger partial charge in [-0.2, -0.15) is 0 Å². The summed E-state index contributed by atoms with van der Waals surface area (Å²) < 4.78 is 5.88. The molecule has 1 aromatic carbocycles. The lowest BCUT2D eigenvalue weighted by atomic mass is 9.90. The van der Waals surface area contributed by atoms with Gasteiger partial charge in [0.15, 0.2) is 0 Å². The van der Waals surface area contributed by atoms with Gasteiger partial charge in [0.1, 0.15) is 0 Å². The number of hydrogen-bond donors (Lipinski definition) is 1. The molecule has 1 aromatic rings. The van der Waals surface area contributed by atoms with Crippen molar-refractivity contribution >= 4 is 0 Å². The Hall–Kier alpha value is -0.860. The number of rotatable bonds is 7. The second-order valence-corrected chi connectivity index (χ2v) is 6.37. The molecule has 0 bridgehead atoms. The van der Waals surface area contributed by atoms with E-state index in [1.54, 1.807) is 0 Å². The number of hydrogen-bond acceptors (Lipinski definition) is 2. The molecule has 1 fully saturated rings. The second kappa shape index (κ2) is 8.43. The van der Waals surface area contributed by atoms with Gasteiger partial charge in [0, 0.05) is 19.2 Å². The number of benzene rings is 1. The van der Waals surface area contributed by atoms with E-state index >= 15 is 0 Å². The molecule has 0 amide bonds. The normalized spacial score (nSPS) is 16.8. The Morgan fingerprint density at radius 2 is 1.70 bits per heavy atom. The summed E-state index contributed by atoms with van der Waals surface area (Å²) in [5, 5.41) is 3.44. The molecule has 1 aliphatic rings.